The van der Waals surface area contributed by atoms with Gasteiger partial charge < -0.3 is 11.1 Å². The number of anilines is 2. The number of hydrogen-bond donors (Lipinski definition) is 2. The summed E-state index contributed by atoms with van der Waals surface area (Å²) in [5.74, 6) is 0. The molecular weight excluding hydrogens is 240 g/mol. The topological polar surface area (TPSA) is 38.0 Å². The Morgan fingerprint density at radius 3 is 2.79 bits per heavy atom. The van der Waals surface area contributed by atoms with Crippen molar-refractivity contribution in [1.29, 1.82) is 0 Å². The molecule has 76 valence electrons. The molecule has 0 heterocycles. The summed E-state index contributed by atoms with van der Waals surface area (Å²) in [4.78, 5) is 0. The van der Waals surface area contributed by atoms with Crippen LogP contribution in [-0.4, -0.2) is 6.04 Å². The molecule has 1 atom stereocenters. The molecule has 0 aliphatic carbocycles. The van der Waals surface area contributed by atoms with Gasteiger partial charge in [-0.25, -0.2) is 0 Å². The predicted octanol–water partition coefficient (Wildman–Crippen LogP) is 3.33. The van der Waals surface area contributed by atoms with Crippen molar-refractivity contribution < 1.29 is 0 Å². The molecule has 1 aromatic carbocycles. The van der Waals surface area contributed by atoms with Crippen LogP contribution in [0.1, 0.15) is 12.5 Å². The van der Waals surface area contributed by atoms with Crippen LogP contribution in [0.2, 0.25) is 0 Å². The minimum Gasteiger partial charge on any atom is -0.398 e. The fraction of sp³-hybridized carbons (Fsp3) is 0.273. The largest absolute Gasteiger partial charge is 0.398 e. The highest BCUT2D eigenvalue weighted by Gasteiger charge is 2.04. The van der Waals surface area contributed by atoms with Crippen molar-refractivity contribution in [2.24, 2.45) is 0 Å². The van der Waals surface area contributed by atoms with Gasteiger partial charge in [0.05, 0.1) is 0 Å². The summed E-state index contributed by atoms with van der Waals surface area (Å²) in [6.07, 6.45) is 1.86. The lowest BCUT2D eigenvalue weighted by atomic mass is 10.1. The molecule has 0 bridgehead atoms. The van der Waals surface area contributed by atoms with Gasteiger partial charge >= 0.3 is 0 Å². The minimum atomic E-state index is 0.245. The van der Waals surface area contributed by atoms with Crippen molar-refractivity contribution in [1.82, 2.24) is 0 Å². The molecule has 0 aliphatic heterocycles. The first-order valence-electron chi connectivity index (χ1n) is 4.49. The van der Waals surface area contributed by atoms with Crippen molar-refractivity contribution in [3.63, 3.8) is 0 Å². The Kier molecular flexibility index (Phi) is 3.58. The van der Waals surface area contributed by atoms with Crippen LogP contribution < -0.4 is 11.1 Å². The van der Waals surface area contributed by atoms with E-state index in [0.717, 1.165) is 21.4 Å². The molecular formula is C11H15BrN2. The smallest absolute Gasteiger partial charge is 0.0493 e. The summed E-state index contributed by atoms with van der Waals surface area (Å²) in [7, 11) is 0. The van der Waals surface area contributed by atoms with E-state index in [2.05, 4.69) is 27.8 Å². The van der Waals surface area contributed by atoms with Crippen LogP contribution in [0.25, 0.3) is 0 Å². The van der Waals surface area contributed by atoms with E-state index in [1.165, 1.54) is 0 Å². The molecule has 1 aromatic rings. The molecule has 0 radical (unpaired) electrons. The highest BCUT2D eigenvalue weighted by Crippen LogP contribution is 2.28. The molecule has 0 aliphatic rings. The molecule has 3 N–H and O–H groups in total. The number of benzene rings is 1. The number of halogens is 1. The van der Waals surface area contributed by atoms with E-state index in [-0.39, 0.29) is 6.04 Å². The number of aryl methyl sites for hydroxylation is 1. The molecule has 0 spiro atoms. The molecule has 14 heavy (non-hydrogen) atoms. The van der Waals surface area contributed by atoms with Crippen LogP contribution in [-0.2, 0) is 0 Å². The number of rotatable bonds is 3. The highest BCUT2D eigenvalue weighted by molar-refractivity contribution is 9.10. The number of nitrogens with two attached hydrogens (primary N) is 1. The lowest BCUT2D eigenvalue weighted by Crippen LogP contribution is -2.12. The third-order valence-corrected chi connectivity index (χ3v) is 2.75. The van der Waals surface area contributed by atoms with Crippen LogP contribution in [0, 0.1) is 6.92 Å². The second-order valence-electron chi connectivity index (χ2n) is 3.36. The Bertz CT molecular complexity index is 347. The van der Waals surface area contributed by atoms with E-state index >= 15 is 0 Å². The summed E-state index contributed by atoms with van der Waals surface area (Å²) in [5, 5.41) is 3.31. The van der Waals surface area contributed by atoms with Gasteiger partial charge in [-0.1, -0.05) is 6.08 Å². The minimum absolute atomic E-state index is 0.245. The van der Waals surface area contributed by atoms with Crippen LogP contribution >= 0.6 is 15.9 Å². The van der Waals surface area contributed by atoms with E-state index in [1.54, 1.807) is 0 Å². The van der Waals surface area contributed by atoms with Crippen molar-refractivity contribution in [2.45, 2.75) is 19.9 Å². The maximum absolute atomic E-state index is 5.77. The predicted molar refractivity (Wildman–Crippen MR) is 66.6 cm³/mol. The molecule has 0 saturated carbocycles. The van der Waals surface area contributed by atoms with Crippen LogP contribution in [0.3, 0.4) is 0 Å². The van der Waals surface area contributed by atoms with Gasteiger partial charge in [0.1, 0.15) is 0 Å². The Morgan fingerprint density at radius 1 is 1.57 bits per heavy atom. The van der Waals surface area contributed by atoms with Crippen molar-refractivity contribution >= 4 is 27.3 Å². The maximum Gasteiger partial charge on any atom is 0.0493 e. The van der Waals surface area contributed by atoms with Crippen molar-refractivity contribution in [2.75, 3.05) is 11.1 Å². The molecule has 0 saturated heterocycles. The van der Waals surface area contributed by atoms with Gasteiger partial charge in [-0.15, -0.1) is 6.58 Å². The average Bonchev–Trinajstić information content (AvgIpc) is 2.14. The van der Waals surface area contributed by atoms with Crippen molar-refractivity contribution in [3.05, 3.63) is 34.8 Å². The summed E-state index contributed by atoms with van der Waals surface area (Å²) >= 11 is 3.46. The lowest BCUT2D eigenvalue weighted by Gasteiger charge is -2.14. The fourth-order valence-corrected chi connectivity index (χ4v) is 1.59. The standard InChI is InChI=1S/C11H15BrN2/c1-4-8(3)14-11-5-7(2)10(13)6-9(11)12/h4-6,8,14H,1,13H2,2-3H3. The summed E-state index contributed by atoms with van der Waals surface area (Å²) in [5.41, 5.74) is 8.70. The zero-order chi connectivity index (χ0) is 10.7. The molecule has 3 heteroatoms. The summed E-state index contributed by atoms with van der Waals surface area (Å²) < 4.78 is 0.981. The highest BCUT2D eigenvalue weighted by atomic mass is 79.9. The Hall–Kier alpha value is -0.960. The van der Waals surface area contributed by atoms with Gasteiger partial charge in [-0.2, -0.15) is 0 Å². The monoisotopic (exact) mass is 254 g/mol. The van der Waals surface area contributed by atoms with Gasteiger partial charge in [0.15, 0.2) is 0 Å². The van der Waals surface area contributed by atoms with Gasteiger partial charge in [-0.3, -0.25) is 0 Å². The van der Waals surface area contributed by atoms with E-state index in [9.17, 15) is 0 Å². The third kappa shape index (κ3) is 2.51. The summed E-state index contributed by atoms with van der Waals surface area (Å²) in [6, 6.07) is 4.18. The molecule has 0 aromatic heterocycles. The van der Waals surface area contributed by atoms with Crippen LogP contribution in [0.5, 0.6) is 0 Å². The van der Waals surface area contributed by atoms with E-state index in [0.29, 0.717) is 0 Å². The second kappa shape index (κ2) is 4.51. The fourth-order valence-electron chi connectivity index (χ4n) is 1.11. The van der Waals surface area contributed by atoms with Gasteiger partial charge in [0, 0.05) is 21.9 Å². The van der Waals surface area contributed by atoms with Gasteiger partial charge in [0.25, 0.3) is 0 Å². The summed E-state index contributed by atoms with van der Waals surface area (Å²) in [6.45, 7) is 7.76. The van der Waals surface area contributed by atoms with E-state index < -0.39 is 0 Å². The zero-order valence-corrected chi connectivity index (χ0v) is 10.1. The van der Waals surface area contributed by atoms with Gasteiger partial charge in [-0.05, 0) is 47.5 Å². The van der Waals surface area contributed by atoms with E-state index in [1.807, 2.05) is 32.1 Å². The maximum atomic E-state index is 5.77. The first kappa shape index (κ1) is 11.1. The molecule has 2 nitrogen and oxygen atoms in total. The molecule has 0 amide bonds. The van der Waals surface area contributed by atoms with Crippen LogP contribution in [0.4, 0.5) is 11.4 Å². The lowest BCUT2D eigenvalue weighted by molar-refractivity contribution is 0.999. The average molecular weight is 255 g/mol. The number of hydrogen-bond acceptors (Lipinski definition) is 2. The second-order valence-corrected chi connectivity index (χ2v) is 4.21. The SMILES string of the molecule is C=CC(C)Nc1cc(C)c(N)cc1Br. The number of nitrogens with one attached hydrogen (secondary N) is 1. The van der Waals surface area contributed by atoms with E-state index in [4.69, 9.17) is 5.73 Å². The van der Waals surface area contributed by atoms with Gasteiger partial charge in [0.2, 0.25) is 0 Å². The van der Waals surface area contributed by atoms with Crippen LogP contribution in [0.15, 0.2) is 29.3 Å². The zero-order valence-electron chi connectivity index (χ0n) is 8.47. The Labute approximate surface area is 93.3 Å². The molecule has 1 rings (SSSR count). The molecule has 1 unspecified atom stereocenters. The molecule has 0 fully saturated rings. The normalized spacial score (nSPS) is 12.2. The Balaban J connectivity index is 2.97. The van der Waals surface area contributed by atoms with Crippen molar-refractivity contribution in [3.8, 4) is 0 Å². The first-order valence-corrected chi connectivity index (χ1v) is 5.28. The number of nitrogen functional groups attached to an aromatic ring is 1. The third-order valence-electron chi connectivity index (χ3n) is 2.09. The Morgan fingerprint density at radius 2 is 2.21 bits per heavy atom. The first-order chi connectivity index (χ1) is 6.54. The quantitative estimate of drug-likeness (QED) is 0.642.